The van der Waals surface area contributed by atoms with Crippen molar-refractivity contribution in [2.45, 2.75) is 19.2 Å². The Labute approximate surface area is 124 Å². The van der Waals surface area contributed by atoms with Crippen molar-refractivity contribution in [1.29, 1.82) is 0 Å². The van der Waals surface area contributed by atoms with Gasteiger partial charge in [-0.2, -0.15) is 0 Å². The summed E-state index contributed by atoms with van der Waals surface area (Å²) in [5, 5.41) is 0.770. The first-order valence-electron chi connectivity index (χ1n) is 5.70. The summed E-state index contributed by atoms with van der Waals surface area (Å²) < 4.78 is 7.08. The fourth-order valence-corrected chi connectivity index (χ4v) is 2.55. The van der Waals surface area contributed by atoms with Crippen LogP contribution in [-0.4, -0.2) is 0 Å². The molecule has 0 atom stereocenters. The van der Waals surface area contributed by atoms with E-state index in [-0.39, 0.29) is 0 Å². The molecular weight excluding hydrogens is 356 g/mol. The molecule has 18 heavy (non-hydrogen) atoms. The molecule has 2 aromatic carbocycles. The lowest BCUT2D eigenvalue weighted by atomic mass is 10.1. The molecule has 0 heterocycles. The summed E-state index contributed by atoms with van der Waals surface area (Å²) in [6.45, 7) is 4.17. The van der Waals surface area contributed by atoms with E-state index >= 15 is 0 Å². The SMILES string of the molecule is Cc1cccc(Oc2ccc(Br)cc2CBr)c1C. The van der Waals surface area contributed by atoms with Crippen LogP contribution in [0.2, 0.25) is 0 Å². The number of alkyl halides is 1. The minimum absolute atomic E-state index is 0.770. The van der Waals surface area contributed by atoms with Gasteiger partial charge in [0.05, 0.1) is 0 Å². The quantitative estimate of drug-likeness (QED) is 0.625. The fraction of sp³-hybridized carbons (Fsp3) is 0.200. The molecule has 1 nitrogen and oxygen atoms in total. The zero-order valence-electron chi connectivity index (χ0n) is 10.3. The maximum absolute atomic E-state index is 6.02. The third kappa shape index (κ3) is 2.96. The first kappa shape index (κ1) is 13.6. The minimum atomic E-state index is 0.770. The van der Waals surface area contributed by atoms with E-state index in [4.69, 9.17) is 4.74 Å². The van der Waals surface area contributed by atoms with E-state index in [9.17, 15) is 0 Å². The summed E-state index contributed by atoms with van der Waals surface area (Å²) in [7, 11) is 0. The lowest BCUT2D eigenvalue weighted by Crippen LogP contribution is -1.93. The molecule has 0 fully saturated rings. The van der Waals surface area contributed by atoms with Crippen molar-refractivity contribution >= 4 is 31.9 Å². The van der Waals surface area contributed by atoms with E-state index in [2.05, 4.69) is 57.8 Å². The van der Waals surface area contributed by atoms with Crippen molar-refractivity contribution in [2.24, 2.45) is 0 Å². The summed E-state index contributed by atoms with van der Waals surface area (Å²) in [5.74, 6) is 1.81. The van der Waals surface area contributed by atoms with Crippen molar-refractivity contribution in [3.8, 4) is 11.5 Å². The highest BCUT2D eigenvalue weighted by Gasteiger charge is 2.07. The summed E-state index contributed by atoms with van der Waals surface area (Å²) in [5.41, 5.74) is 3.55. The Morgan fingerprint density at radius 1 is 1.06 bits per heavy atom. The van der Waals surface area contributed by atoms with E-state index in [1.165, 1.54) is 11.1 Å². The Kier molecular flexibility index (Phi) is 4.46. The van der Waals surface area contributed by atoms with Crippen LogP contribution in [-0.2, 0) is 5.33 Å². The Morgan fingerprint density at radius 3 is 2.56 bits per heavy atom. The van der Waals surface area contributed by atoms with Crippen LogP contribution in [0.5, 0.6) is 11.5 Å². The van der Waals surface area contributed by atoms with Crippen molar-refractivity contribution in [3.63, 3.8) is 0 Å². The van der Waals surface area contributed by atoms with Crippen molar-refractivity contribution in [1.82, 2.24) is 0 Å². The predicted molar refractivity (Wildman–Crippen MR) is 82.8 cm³/mol. The summed E-state index contributed by atoms with van der Waals surface area (Å²) in [4.78, 5) is 0. The maximum atomic E-state index is 6.02. The summed E-state index contributed by atoms with van der Waals surface area (Å²) >= 11 is 6.96. The van der Waals surface area contributed by atoms with Crippen LogP contribution in [0.4, 0.5) is 0 Å². The summed E-state index contributed by atoms with van der Waals surface area (Å²) in [6.07, 6.45) is 0. The molecule has 0 aromatic heterocycles. The normalized spacial score (nSPS) is 10.4. The Bertz CT molecular complexity index is 564. The Morgan fingerprint density at radius 2 is 1.83 bits per heavy atom. The molecule has 0 saturated heterocycles. The van der Waals surface area contributed by atoms with Crippen molar-refractivity contribution in [2.75, 3.05) is 0 Å². The van der Waals surface area contributed by atoms with Crippen LogP contribution in [0.15, 0.2) is 40.9 Å². The molecule has 94 valence electrons. The minimum Gasteiger partial charge on any atom is -0.457 e. The lowest BCUT2D eigenvalue weighted by Gasteiger charge is -2.13. The third-order valence-corrected chi connectivity index (χ3v) is 4.04. The number of hydrogen-bond donors (Lipinski definition) is 0. The van der Waals surface area contributed by atoms with Gasteiger partial charge in [-0.25, -0.2) is 0 Å². The molecule has 2 aromatic rings. The molecule has 0 aliphatic carbocycles. The fourth-order valence-electron chi connectivity index (χ4n) is 1.71. The number of ether oxygens (including phenoxy) is 1. The Hall–Kier alpha value is -0.800. The monoisotopic (exact) mass is 368 g/mol. The van der Waals surface area contributed by atoms with Gasteiger partial charge < -0.3 is 4.74 Å². The molecule has 0 spiro atoms. The molecule has 0 amide bonds. The second kappa shape index (κ2) is 5.89. The van der Waals surface area contributed by atoms with Gasteiger partial charge in [0.2, 0.25) is 0 Å². The van der Waals surface area contributed by atoms with Gasteiger partial charge >= 0.3 is 0 Å². The zero-order valence-corrected chi connectivity index (χ0v) is 13.5. The number of aryl methyl sites for hydroxylation is 1. The number of halogens is 2. The van der Waals surface area contributed by atoms with Crippen LogP contribution in [0.3, 0.4) is 0 Å². The van der Waals surface area contributed by atoms with E-state index < -0.39 is 0 Å². The molecule has 0 bridgehead atoms. The summed E-state index contributed by atoms with van der Waals surface area (Å²) in [6, 6.07) is 12.2. The first-order chi connectivity index (χ1) is 8.61. The van der Waals surface area contributed by atoms with E-state index in [1.807, 2.05) is 24.3 Å². The van der Waals surface area contributed by atoms with Crippen LogP contribution >= 0.6 is 31.9 Å². The van der Waals surface area contributed by atoms with E-state index in [1.54, 1.807) is 0 Å². The molecule has 0 N–H and O–H groups in total. The predicted octanol–water partition coefficient (Wildman–Crippen LogP) is 5.75. The van der Waals surface area contributed by atoms with Gasteiger partial charge in [-0.1, -0.05) is 44.0 Å². The van der Waals surface area contributed by atoms with Crippen LogP contribution in [0, 0.1) is 13.8 Å². The van der Waals surface area contributed by atoms with Gasteiger partial charge in [0.25, 0.3) is 0 Å². The van der Waals surface area contributed by atoms with Gasteiger partial charge in [-0.05, 0) is 49.2 Å². The molecule has 3 heteroatoms. The average Bonchev–Trinajstić information content (AvgIpc) is 2.37. The number of rotatable bonds is 3. The Balaban J connectivity index is 2.37. The van der Waals surface area contributed by atoms with Gasteiger partial charge in [0.1, 0.15) is 11.5 Å². The number of hydrogen-bond acceptors (Lipinski definition) is 1. The van der Waals surface area contributed by atoms with Crippen LogP contribution < -0.4 is 4.74 Å². The van der Waals surface area contributed by atoms with Gasteiger partial charge in [0, 0.05) is 15.4 Å². The molecule has 0 aliphatic heterocycles. The van der Waals surface area contributed by atoms with Gasteiger partial charge in [-0.3, -0.25) is 0 Å². The topological polar surface area (TPSA) is 9.23 Å². The highest BCUT2D eigenvalue weighted by atomic mass is 79.9. The molecule has 0 unspecified atom stereocenters. The zero-order chi connectivity index (χ0) is 13.1. The van der Waals surface area contributed by atoms with Crippen LogP contribution in [0.1, 0.15) is 16.7 Å². The van der Waals surface area contributed by atoms with E-state index in [0.717, 1.165) is 26.9 Å². The second-order valence-electron chi connectivity index (χ2n) is 4.19. The largest absolute Gasteiger partial charge is 0.457 e. The smallest absolute Gasteiger partial charge is 0.131 e. The highest BCUT2D eigenvalue weighted by Crippen LogP contribution is 2.31. The molecule has 2 rings (SSSR count). The third-order valence-electron chi connectivity index (χ3n) is 2.94. The highest BCUT2D eigenvalue weighted by molar-refractivity contribution is 9.10. The molecular formula is C15H14Br2O. The maximum Gasteiger partial charge on any atom is 0.131 e. The lowest BCUT2D eigenvalue weighted by molar-refractivity contribution is 0.474. The standard InChI is InChI=1S/C15H14Br2O/c1-10-4-3-5-14(11(10)2)18-15-7-6-13(17)8-12(15)9-16/h3-8H,9H2,1-2H3. The molecule has 0 radical (unpaired) electrons. The first-order valence-corrected chi connectivity index (χ1v) is 7.61. The number of benzene rings is 2. The van der Waals surface area contributed by atoms with Crippen molar-refractivity contribution < 1.29 is 4.74 Å². The van der Waals surface area contributed by atoms with Gasteiger partial charge in [0.15, 0.2) is 0 Å². The van der Waals surface area contributed by atoms with Crippen LogP contribution in [0.25, 0.3) is 0 Å². The molecule has 0 saturated carbocycles. The van der Waals surface area contributed by atoms with Crippen molar-refractivity contribution in [3.05, 3.63) is 57.6 Å². The second-order valence-corrected chi connectivity index (χ2v) is 5.66. The van der Waals surface area contributed by atoms with Gasteiger partial charge in [-0.15, -0.1) is 0 Å². The molecule has 0 aliphatic rings. The van der Waals surface area contributed by atoms with E-state index in [0.29, 0.717) is 0 Å². The average molecular weight is 370 g/mol.